The van der Waals surface area contributed by atoms with Crippen molar-refractivity contribution in [3.63, 3.8) is 0 Å². The van der Waals surface area contributed by atoms with Gasteiger partial charge < -0.3 is 31.8 Å². The van der Waals surface area contributed by atoms with Crippen molar-refractivity contribution >= 4 is 17.8 Å². The minimum Gasteiger partial charge on any atom is -0.481 e. The van der Waals surface area contributed by atoms with Gasteiger partial charge in [0, 0.05) is 6.42 Å². The fourth-order valence-electron chi connectivity index (χ4n) is 1.74. The van der Waals surface area contributed by atoms with E-state index in [1.807, 2.05) is 18.2 Å². The Morgan fingerprint density at radius 3 is 2.26 bits per heavy atom. The molecule has 1 rings (SSSR count). The molecular formula is C14H22N2O7. The zero-order chi connectivity index (χ0) is 15.8. The molecule has 0 aromatic heterocycles. The topological polar surface area (TPSA) is 182 Å². The number of esters is 1. The van der Waals surface area contributed by atoms with Crippen LogP contribution in [-0.2, 0) is 25.5 Å². The number of hydrogen-bond acceptors (Lipinski definition) is 5. The van der Waals surface area contributed by atoms with Gasteiger partial charge in [0.05, 0.1) is 19.6 Å². The molecule has 0 bridgehead atoms. The number of nitrogens with one attached hydrogen (secondary N) is 1. The van der Waals surface area contributed by atoms with E-state index in [-0.39, 0.29) is 17.4 Å². The Labute approximate surface area is 133 Å². The molecule has 0 saturated heterocycles. The van der Waals surface area contributed by atoms with Crippen molar-refractivity contribution in [2.75, 3.05) is 7.11 Å². The van der Waals surface area contributed by atoms with E-state index >= 15 is 0 Å². The summed E-state index contributed by atoms with van der Waals surface area (Å²) in [5, 5.41) is 11.0. The number of carbonyl (C=O) groups excluding carboxylic acids is 2. The molecule has 1 aromatic rings. The summed E-state index contributed by atoms with van der Waals surface area (Å²) in [7, 11) is 1.21. The second-order valence-electron chi connectivity index (χ2n) is 4.48. The molecule has 1 aromatic carbocycles. The van der Waals surface area contributed by atoms with Crippen molar-refractivity contribution in [1.29, 1.82) is 0 Å². The first-order valence-corrected chi connectivity index (χ1v) is 6.33. The monoisotopic (exact) mass is 330 g/mol. The van der Waals surface area contributed by atoms with Crippen LogP contribution in [0.3, 0.4) is 0 Å². The van der Waals surface area contributed by atoms with Crippen LogP contribution >= 0.6 is 0 Å². The van der Waals surface area contributed by atoms with Gasteiger partial charge in [0.1, 0.15) is 6.04 Å². The van der Waals surface area contributed by atoms with Gasteiger partial charge in [-0.3, -0.25) is 9.59 Å². The largest absolute Gasteiger partial charge is 0.481 e. The van der Waals surface area contributed by atoms with Gasteiger partial charge in [-0.25, -0.2) is 4.79 Å². The SMILES string of the molecule is COC(=O)[C@H](Cc1ccccc1)NC(=O)[C@@H](N)CC(=O)O.O.O. The van der Waals surface area contributed by atoms with Crippen LogP contribution in [0.25, 0.3) is 0 Å². The third-order valence-corrected chi connectivity index (χ3v) is 2.82. The number of rotatable bonds is 7. The van der Waals surface area contributed by atoms with Crippen molar-refractivity contribution in [3.05, 3.63) is 35.9 Å². The van der Waals surface area contributed by atoms with Crippen LogP contribution in [0, 0.1) is 0 Å². The van der Waals surface area contributed by atoms with Gasteiger partial charge in [0.2, 0.25) is 5.91 Å². The van der Waals surface area contributed by atoms with E-state index < -0.39 is 36.4 Å². The maximum atomic E-state index is 11.8. The van der Waals surface area contributed by atoms with Crippen LogP contribution in [0.1, 0.15) is 12.0 Å². The van der Waals surface area contributed by atoms with Crippen molar-refractivity contribution in [3.8, 4) is 0 Å². The highest BCUT2D eigenvalue weighted by Gasteiger charge is 2.25. The number of methoxy groups -OCH3 is 1. The second-order valence-corrected chi connectivity index (χ2v) is 4.48. The molecule has 0 unspecified atom stereocenters. The maximum absolute atomic E-state index is 11.8. The fourth-order valence-corrected chi connectivity index (χ4v) is 1.74. The predicted octanol–water partition coefficient (Wildman–Crippen LogP) is -1.96. The summed E-state index contributed by atoms with van der Waals surface area (Å²) >= 11 is 0. The number of hydrogen-bond donors (Lipinski definition) is 3. The summed E-state index contributed by atoms with van der Waals surface area (Å²) in [4.78, 5) is 34.0. The van der Waals surface area contributed by atoms with E-state index in [4.69, 9.17) is 10.8 Å². The first kappa shape index (κ1) is 22.8. The molecule has 130 valence electrons. The molecule has 0 aliphatic rings. The van der Waals surface area contributed by atoms with E-state index in [1.165, 1.54) is 7.11 Å². The Morgan fingerprint density at radius 1 is 1.22 bits per heavy atom. The maximum Gasteiger partial charge on any atom is 0.328 e. The molecule has 0 heterocycles. The van der Waals surface area contributed by atoms with Gasteiger partial charge in [0.15, 0.2) is 0 Å². The molecule has 0 spiro atoms. The van der Waals surface area contributed by atoms with E-state index in [2.05, 4.69) is 10.1 Å². The number of aliphatic carboxylic acids is 1. The minimum absolute atomic E-state index is 0. The minimum atomic E-state index is -1.22. The van der Waals surface area contributed by atoms with E-state index in [1.54, 1.807) is 12.1 Å². The van der Waals surface area contributed by atoms with Crippen LogP contribution in [0.2, 0.25) is 0 Å². The average molecular weight is 330 g/mol. The van der Waals surface area contributed by atoms with E-state index in [0.717, 1.165) is 5.56 Å². The lowest BCUT2D eigenvalue weighted by molar-refractivity contribution is -0.145. The van der Waals surface area contributed by atoms with Crippen molar-refractivity contribution in [1.82, 2.24) is 5.32 Å². The van der Waals surface area contributed by atoms with Crippen LogP contribution < -0.4 is 11.1 Å². The highest BCUT2D eigenvalue weighted by atomic mass is 16.5. The standard InChI is InChI=1S/C14H18N2O5.2H2O/c1-21-14(20)11(7-9-5-3-2-4-6-9)16-13(19)10(15)8-12(17)18;;/h2-6,10-11H,7-8,15H2,1H3,(H,16,19)(H,17,18);2*1H2/t10-,11-;;/m0../s1. The molecular weight excluding hydrogens is 308 g/mol. The number of carboxylic acids is 1. The van der Waals surface area contributed by atoms with Crippen molar-refractivity contribution < 1.29 is 35.2 Å². The number of carbonyl (C=O) groups is 3. The number of ether oxygens (including phenoxy) is 1. The Balaban J connectivity index is 0. The lowest BCUT2D eigenvalue weighted by atomic mass is 10.1. The summed E-state index contributed by atoms with van der Waals surface area (Å²) in [5.74, 6) is -2.51. The summed E-state index contributed by atoms with van der Waals surface area (Å²) in [5.41, 5.74) is 6.29. The smallest absolute Gasteiger partial charge is 0.328 e. The summed E-state index contributed by atoms with van der Waals surface area (Å²) in [6.45, 7) is 0. The fraction of sp³-hybridized carbons (Fsp3) is 0.357. The number of benzene rings is 1. The molecule has 9 nitrogen and oxygen atoms in total. The highest BCUT2D eigenvalue weighted by Crippen LogP contribution is 2.05. The molecule has 8 N–H and O–H groups in total. The Kier molecular flexibility index (Phi) is 11.0. The summed E-state index contributed by atoms with van der Waals surface area (Å²) < 4.78 is 4.64. The molecule has 0 radical (unpaired) electrons. The number of nitrogens with two attached hydrogens (primary N) is 1. The molecule has 9 heteroatoms. The zero-order valence-electron chi connectivity index (χ0n) is 12.6. The van der Waals surface area contributed by atoms with Gasteiger partial charge in [-0.05, 0) is 5.56 Å². The first-order valence-electron chi connectivity index (χ1n) is 6.33. The Hall–Kier alpha value is -2.49. The third-order valence-electron chi connectivity index (χ3n) is 2.82. The Bertz CT molecular complexity index is 507. The van der Waals surface area contributed by atoms with Gasteiger partial charge in [-0.1, -0.05) is 30.3 Å². The van der Waals surface area contributed by atoms with E-state index in [9.17, 15) is 14.4 Å². The van der Waals surface area contributed by atoms with Gasteiger partial charge >= 0.3 is 11.9 Å². The average Bonchev–Trinajstić information content (AvgIpc) is 2.46. The lowest BCUT2D eigenvalue weighted by Crippen LogP contribution is -2.50. The summed E-state index contributed by atoms with van der Waals surface area (Å²) in [6, 6.07) is 6.93. The number of carboxylic acid groups (broad SMARTS) is 1. The van der Waals surface area contributed by atoms with Crippen LogP contribution in [-0.4, -0.2) is 53.1 Å². The normalized spacial score (nSPS) is 11.9. The van der Waals surface area contributed by atoms with Gasteiger partial charge in [-0.2, -0.15) is 0 Å². The molecule has 0 aliphatic carbocycles. The molecule has 23 heavy (non-hydrogen) atoms. The second kappa shape index (κ2) is 11.1. The van der Waals surface area contributed by atoms with Gasteiger partial charge in [0.25, 0.3) is 0 Å². The molecule has 0 saturated carbocycles. The zero-order valence-corrected chi connectivity index (χ0v) is 12.6. The van der Waals surface area contributed by atoms with Crippen LogP contribution in [0.4, 0.5) is 0 Å². The summed E-state index contributed by atoms with van der Waals surface area (Å²) in [6.07, 6.45) is -0.274. The molecule has 0 fully saturated rings. The first-order chi connectivity index (χ1) is 9.93. The van der Waals surface area contributed by atoms with Crippen molar-refractivity contribution in [2.24, 2.45) is 5.73 Å². The predicted molar refractivity (Wildman–Crippen MR) is 81.5 cm³/mol. The van der Waals surface area contributed by atoms with Crippen LogP contribution in [0.5, 0.6) is 0 Å². The molecule has 1 amide bonds. The lowest BCUT2D eigenvalue weighted by Gasteiger charge is -2.18. The van der Waals surface area contributed by atoms with Crippen LogP contribution in [0.15, 0.2) is 30.3 Å². The third kappa shape index (κ3) is 7.90. The molecule has 0 aliphatic heterocycles. The number of amides is 1. The van der Waals surface area contributed by atoms with Gasteiger partial charge in [-0.15, -0.1) is 0 Å². The Morgan fingerprint density at radius 2 is 1.78 bits per heavy atom. The molecule has 2 atom stereocenters. The van der Waals surface area contributed by atoms with E-state index in [0.29, 0.717) is 0 Å². The quantitative estimate of drug-likeness (QED) is 0.487. The van der Waals surface area contributed by atoms with Crippen molar-refractivity contribution in [2.45, 2.75) is 24.9 Å². The highest BCUT2D eigenvalue weighted by molar-refractivity contribution is 5.89.